The number of anilines is 1. The van der Waals surface area contributed by atoms with Crippen LogP contribution < -0.4 is 4.90 Å². The summed E-state index contributed by atoms with van der Waals surface area (Å²) in [6.45, 7) is 3.85. The summed E-state index contributed by atoms with van der Waals surface area (Å²) in [6, 6.07) is 3.94. The lowest BCUT2D eigenvalue weighted by Gasteiger charge is -2.27. The average molecular weight is 294 g/mol. The number of carboxylic acid groups (broad SMARTS) is 1. The van der Waals surface area contributed by atoms with E-state index in [9.17, 15) is 20.0 Å². The molecule has 114 valence electrons. The monoisotopic (exact) mass is 294 g/mol. The Morgan fingerprint density at radius 2 is 2.33 bits per heavy atom. The van der Waals surface area contributed by atoms with E-state index in [1.165, 1.54) is 12.1 Å². The van der Waals surface area contributed by atoms with E-state index in [0.717, 1.165) is 25.5 Å². The van der Waals surface area contributed by atoms with E-state index in [0.29, 0.717) is 18.8 Å². The number of rotatable bonds is 6. The van der Waals surface area contributed by atoms with Crippen LogP contribution in [0.5, 0.6) is 0 Å². The van der Waals surface area contributed by atoms with Crippen molar-refractivity contribution in [3.63, 3.8) is 0 Å². The summed E-state index contributed by atoms with van der Waals surface area (Å²) in [4.78, 5) is 23.5. The zero-order chi connectivity index (χ0) is 15.4. The second-order valence-corrected chi connectivity index (χ2v) is 4.94. The van der Waals surface area contributed by atoms with Crippen LogP contribution in [0, 0.1) is 10.1 Å². The van der Waals surface area contributed by atoms with Gasteiger partial charge in [0.1, 0.15) is 0 Å². The van der Waals surface area contributed by atoms with Crippen molar-refractivity contribution in [2.75, 3.05) is 24.6 Å². The van der Waals surface area contributed by atoms with Gasteiger partial charge in [0.25, 0.3) is 5.69 Å². The van der Waals surface area contributed by atoms with Crippen LogP contribution in [-0.2, 0) is 4.74 Å². The molecule has 0 aromatic heterocycles. The Morgan fingerprint density at radius 1 is 1.57 bits per heavy atom. The zero-order valence-electron chi connectivity index (χ0n) is 11.8. The third kappa shape index (κ3) is 3.49. The molecule has 2 rings (SSSR count). The van der Waals surface area contributed by atoms with Crippen LogP contribution in [-0.4, -0.2) is 41.8 Å². The maximum absolute atomic E-state index is 11.4. The second kappa shape index (κ2) is 6.53. The van der Waals surface area contributed by atoms with Crippen molar-refractivity contribution in [3.8, 4) is 0 Å². The number of hydrogen-bond acceptors (Lipinski definition) is 5. The standard InChI is InChI=1S/C14H18N2O5/c1-2-15(9-11-4-3-7-21-11)13-6-5-10(16(19)20)8-12(13)14(17)18/h5-6,8,11H,2-4,7,9H2,1H3,(H,17,18). The highest BCUT2D eigenvalue weighted by Gasteiger charge is 2.23. The molecule has 1 aliphatic heterocycles. The number of carbonyl (C=O) groups is 1. The molecule has 1 unspecified atom stereocenters. The van der Waals surface area contributed by atoms with Crippen molar-refractivity contribution >= 4 is 17.3 Å². The van der Waals surface area contributed by atoms with Crippen molar-refractivity contribution in [2.45, 2.75) is 25.9 Å². The molecule has 1 aliphatic rings. The SMILES string of the molecule is CCN(CC1CCCO1)c1ccc([N+](=O)[O-])cc1C(=O)O. The molecule has 1 fully saturated rings. The second-order valence-electron chi connectivity index (χ2n) is 4.94. The van der Waals surface area contributed by atoms with Crippen molar-refractivity contribution in [3.05, 3.63) is 33.9 Å². The predicted molar refractivity (Wildman–Crippen MR) is 76.9 cm³/mol. The van der Waals surface area contributed by atoms with Gasteiger partial charge in [-0.1, -0.05) is 0 Å². The molecule has 1 atom stereocenters. The smallest absolute Gasteiger partial charge is 0.338 e. The van der Waals surface area contributed by atoms with Gasteiger partial charge in [-0.3, -0.25) is 10.1 Å². The topological polar surface area (TPSA) is 92.9 Å². The molecule has 0 spiro atoms. The number of carboxylic acids is 1. The number of nitro groups is 1. The first-order valence-corrected chi connectivity index (χ1v) is 6.91. The summed E-state index contributed by atoms with van der Waals surface area (Å²) in [6.07, 6.45) is 2.04. The molecule has 21 heavy (non-hydrogen) atoms. The number of likely N-dealkylation sites (N-methyl/N-ethyl adjacent to an activating group) is 1. The van der Waals surface area contributed by atoms with Gasteiger partial charge in [0.05, 0.1) is 22.3 Å². The summed E-state index contributed by atoms with van der Waals surface area (Å²) in [5.74, 6) is -1.17. The Kier molecular flexibility index (Phi) is 4.74. The van der Waals surface area contributed by atoms with E-state index in [1.807, 2.05) is 11.8 Å². The van der Waals surface area contributed by atoms with Crippen molar-refractivity contribution < 1.29 is 19.6 Å². The van der Waals surface area contributed by atoms with Gasteiger partial charge in [0.2, 0.25) is 0 Å². The van der Waals surface area contributed by atoms with Crippen LogP contribution in [0.1, 0.15) is 30.1 Å². The van der Waals surface area contributed by atoms with E-state index < -0.39 is 10.9 Å². The molecular weight excluding hydrogens is 276 g/mol. The first-order valence-electron chi connectivity index (χ1n) is 6.91. The first-order chi connectivity index (χ1) is 10.0. The Labute approximate surface area is 122 Å². The van der Waals surface area contributed by atoms with Gasteiger partial charge in [-0.05, 0) is 25.8 Å². The number of nitrogens with zero attached hydrogens (tertiary/aromatic N) is 2. The Bertz CT molecular complexity index is 540. The minimum Gasteiger partial charge on any atom is -0.478 e. The molecule has 7 heteroatoms. The third-order valence-electron chi connectivity index (χ3n) is 3.59. The van der Waals surface area contributed by atoms with Crippen LogP contribution in [0.4, 0.5) is 11.4 Å². The minimum absolute atomic E-state index is 0.0518. The first kappa shape index (κ1) is 15.2. The molecule has 1 N–H and O–H groups in total. The Hall–Kier alpha value is -2.15. The van der Waals surface area contributed by atoms with Gasteiger partial charge in [-0.15, -0.1) is 0 Å². The lowest BCUT2D eigenvalue weighted by Crippen LogP contribution is -2.33. The fourth-order valence-corrected chi connectivity index (χ4v) is 2.52. The summed E-state index contributed by atoms with van der Waals surface area (Å²) < 4.78 is 5.57. The molecule has 0 amide bonds. The number of aromatic carboxylic acids is 1. The highest BCUT2D eigenvalue weighted by molar-refractivity contribution is 5.95. The largest absolute Gasteiger partial charge is 0.478 e. The third-order valence-corrected chi connectivity index (χ3v) is 3.59. The molecule has 0 bridgehead atoms. The number of non-ortho nitro benzene ring substituents is 1. The minimum atomic E-state index is -1.17. The molecule has 1 aromatic carbocycles. The van der Waals surface area contributed by atoms with Crippen LogP contribution in [0.25, 0.3) is 0 Å². The van der Waals surface area contributed by atoms with Crippen LogP contribution >= 0.6 is 0 Å². The Balaban J connectivity index is 2.30. The number of nitro benzene ring substituents is 1. The molecule has 1 saturated heterocycles. The summed E-state index contributed by atoms with van der Waals surface area (Å²) in [5, 5.41) is 20.1. The molecule has 0 aliphatic carbocycles. The lowest BCUT2D eigenvalue weighted by molar-refractivity contribution is -0.384. The molecule has 0 saturated carbocycles. The molecule has 0 radical (unpaired) electrons. The van der Waals surface area contributed by atoms with Gasteiger partial charge < -0.3 is 14.7 Å². The van der Waals surface area contributed by atoms with Gasteiger partial charge in [-0.25, -0.2) is 4.79 Å². The van der Waals surface area contributed by atoms with Crippen LogP contribution in [0.3, 0.4) is 0 Å². The predicted octanol–water partition coefficient (Wildman–Crippen LogP) is 2.30. The van der Waals surface area contributed by atoms with Crippen LogP contribution in [0.15, 0.2) is 18.2 Å². The van der Waals surface area contributed by atoms with Crippen molar-refractivity contribution in [2.24, 2.45) is 0 Å². The number of hydrogen-bond donors (Lipinski definition) is 1. The van der Waals surface area contributed by atoms with E-state index in [-0.39, 0.29) is 17.4 Å². The van der Waals surface area contributed by atoms with Crippen LogP contribution in [0.2, 0.25) is 0 Å². The van der Waals surface area contributed by atoms with Gasteiger partial charge in [0, 0.05) is 31.8 Å². The normalized spacial score (nSPS) is 17.7. The summed E-state index contributed by atoms with van der Waals surface area (Å²) >= 11 is 0. The fraction of sp³-hybridized carbons (Fsp3) is 0.500. The van der Waals surface area contributed by atoms with E-state index >= 15 is 0 Å². The maximum Gasteiger partial charge on any atom is 0.338 e. The number of ether oxygens (including phenoxy) is 1. The highest BCUT2D eigenvalue weighted by Crippen LogP contribution is 2.27. The quantitative estimate of drug-likeness (QED) is 0.639. The molecule has 7 nitrogen and oxygen atoms in total. The van der Waals surface area contributed by atoms with Crippen molar-refractivity contribution in [1.82, 2.24) is 0 Å². The molecule has 1 heterocycles. The van der Waals surface area contributed by atoms with Gasteiger partial charge in [0.15, 0.2) is 0 Å². The van der Waals surface area contributed by atoms with Gasteiger partial charge >= 0.3 is 5.97 Å². The summed E-state index contributed by atoms with van der Waals surface area (Å²) in [5.41, 5.74) is 0.222. The summed E-state index contributed by atoms with van der Waals surface area (Å²) in [7, 11) is 0. The lowest BCUT2D eigenvalue weighted by atomic mass is 10.1. The molecule has 1 aromatic rings. The zero-order valence-corrected chi connectivity index (χ0v) is 11.8. The van der Waals surface area contributed by atoms with E-state index in [4.69, 9.17) is 4.74 Å². The average Bonchev–Trinajstić information content (AvgIpc) is 2.97. The van der Waals surface area contributed by atoms with Gasteiger partial charge in [-0.2, -0.15) is 0 Å². The fourth-order valence-electron chi connectivity index (χ4n) is 2.52. The Morgan fingerprint density at radius 3 is 2.86 bits per heavy atom. The van der Waals surface area contributed by atoms with E-state index in [1.54, 1.807) is 0 Å². The molecular formula is C14H18N2O5. The maximum atomic E-state index is 11.4. The van der Waals surface area contributed by atoms with E-state index in [2.05, 4.69) is 0 Å². The van der Waals surface area contributed by atoms with Crippen molar-refractivity contribution in [1.29, 1.82) is 0 Å². The highest BCUT2D eigenvalue weighted by atomic mass is 16.6. The number of benzene rings is 1.